The van der Waals surface area contributed by atoms with Gasteiger partial charge < -0.3 is 9.13 Å². The molecule has 3 aromatic heterocycles. The van der Waals surface area contributed by atoms with Gasteiger partial charge in [0, 0.05) is 45.1 Å². The molecule has 0 saturated heterocycles. The lowest BCUT2D eigenvalue weighted by atomic mass is 9.95. The van der Waals surface area contributed by atoms with E-state index >= 15 is 0 Å². The molecule has 0 spiro atoms. The first-order valence-corrected chi connectivity index (χ1v) is 24.6. The van der Waals surface area contributed by atoms with Crippen molar-refractivity contribution in [2.24, 2.45) is 0 Å². The van der Waals surface area contributed by atoms with Crippen molar-refractivity contribution in [1.29, 1.82) is 31.6 Å². The zero-order valence-electron chi connectivity index (χ0n) is 41.7. The van der Waals surface area contributed by atoms with E-state index in [0.717, 1.165) is 71.4 Å². The molecular formula is C68H30N12. The maximum absolute atomic E-state index is 10.4. The van der Waals surface area contributed by atoms with Crippen LogP contribution in [0.15, 0.2) is 182 Å². The molecule has 0 bridgehead atoms. The van der Waals surface area contributed by atoms with Crippen LogP contribution in [0.3, 0.4) is 0 Å². The van der Waals surface area contributed by atoms with Crippen LogP contribution in [0.25, 0.3) is 125 Å². The Morgan fingerprint density at radius 3 is 1.14 bits per heavy atom. The highest BCUT2D eigenvalue weighted by Gasteiger charge is 2.25. The van der Waals surface area contributed by atoms with Gasteiger partial charge in [-0.1, -0.05) is 54.6 Å². The Labute approximate surface area is 457 Å². The maximum atomic E-state index is 10.4. The van der Waals surface area contributed by atoms with Crippen LogP contribution in [0, 0.1) is 87.7 Å². The minimum Gasteiger partial charge on any atom is -0.308 e. The molecule has 12 rings (SSSR count). The van der Waals surface area contributed by atoms with E-state index < -0.39 is 0 Å². The predicted octanol–water partition coefficient (Wildman–Crippen LogP) is 16.5. The Hall–Kier alpha value is -12.9. The average Bonchev–Trinajstić information content (AvgIpc) is 4.15. The molecule has 12 aromatic rings. The third-order valence-corrected chi connectivity index (χ3v) is 14.5. The molecule has 0 unspecified atom stereocenters. The molecule has 362 valence electrons. The highest BCUT2D eigenvalue weighted by Crippen LogP contribution is 2.46. The molecule has 0 fully saturated rings. The van der Waals surface area contributed by atoms with E-state index in [-0.39, 0.29) is 0 Å². The quantitative estimate of drug-likeness (QED) is 0.143. The van der Waals surface area contributed by atoms with Crippen LogP contribution in [0.2, 0.25) is 0 Å². The van der Waals surface area contributed by atoms with Crippen LogP contribution >= 0.6 is 0 Å². The molecule has 0 aliphatic heterocycles. The molecule has 3 heterocycles. The lowest BCUT2D eigenvalue weighted by Gasteiger charge is -2.20. The summed E-state index contributed by atoms with van der Waals surface area (Å²) in [7, 11) is 0. The molecule has 80 heavy (non-hydrogen) atoms. The monoisotopic (exact) mass is 1010 g/mol. The van der Waals surface area contributed by atoms with Crippen LogP contribution in [0.1, 0.15) is 33.4 Å². The molecule has 0 amide bonds. The van der Waals surface area contributed by atoms with Crippen LogP contribution in [-0.2, 0) is 0 Å². The van der Waals surface area contributed by atoms with E-state index in [1.165, 1.54) is 0 Å². The molecule has 0 atom stereocenters. The predicted molar refractivity (Wildman–Crippen MR) is 307 cm³/mol. The van der Waals surface area contributed by atoms with Gasteiger partial charge in [0.15, 0.2) is 17.1 Å². The lowest BCUT2D eigenvalue weighted by Crippen LogP contribution is -2.04. The topological polar surface area (TPSA) is 179 Å². The van der Waals surface area contributed by atoms with Gasteiger partial charge >= 0.3 is 0 Å². The summed E-state index contributed by atoms with van der Waals surface area (Å²) in [6, 6.07) is 64.8. The fraction of sp³-hybridized carbons (Fsp3) is 0. The number of nitriles is 6. The van der Waals surface area contributed by atoms with E-state index in [2.05, 4.69) is 65.1 Å². The van der Waals surface area contributed by atoms with Crippen molar-refractivity contribution in [3.8, 4) is 103 Å². The number of hydrogen-bond donors (Lipinski definition) is 0. The molecule has 9 aromatic carbocycles. The van der Waals surface area contributed by atoms with Gasteiger partial charge in [-0.25, -0.2) is 14.5 Å². The number of fused-ring (bicyclic) bond motifs is 6. The molecule has 0 saturated carbocycles. The lowest BCUT2D eigenvalue weighted by molar-refractivity contribution is 1.10. The van der Waals surface area contributed by atoms with E-state index in [0.29, 0.717) is 89.6 Å². The van der Waals surface area contributed by atoms with Gasteiger partial charge in [-0.15, -0.1) is 0 Å². The number of pyridine rings is 1. The van der Waals surface area contributed by atoms with E-state index in [1.807, 2.05) is 97.1 Å². The first kappa shape index (κ1) is 48.1. The minimum atomic E-state index is 0.311. The van der Waals surface area contributed by atoms with Crippen LogP contribution < -0.4 is 0 Å². The van der Waals surface area contributed by atoms with Gasteiger partial charge in [-0.3, -0.25) is 4.98 Å². The van der Waals surface area contributed by atoms with Crippen LogP contribution in [-0.4, -0.2) is 14.1 Å². The Kier molecular flexibility index (Phi) is 11.7. The normalized spacial score (nSPS) is 10.6. The zero-order chi connectivity index (χ0) is 55.2. The van der Waals surface area contributed by atoms with Crippen LogP contribution in [0.4, 0.5) is 17.1 Å². The maximum Gasteiger partial charge on any atom is 0.197 e. The van der Waals surface area contributed by atoms with Crippen molar-refractivity contribution < 1.29 is 0 Å². The smallest absolute Gasteiger partial charge is 0.197 e. The molecule has 0 radical (unpaired) electrons. The SMILES string of the molecule is [C-]#[N+]c1ccc(-c2ccc3c(c2)c2cc(-c4ccc(C#N)cc4[N+]#[C-])ccc2n3-c2cc([N+]#[C-])c(-c3ccncc3)cc2-n2c3ccc(-c4ccc(C#N)cc4C#N)cc3c3cc(-c4ccc(C#N)cc4C#N)ccc32)c(C#N)c1. The number of nitrogens with zero attached hydrogens (tertiary/aromatic N) is 12. The molecular weight excluding hydrogens is 985 g/mol. The van der Waals surface area contributed by atoms with Crippen molar-refractivity contribution in [3.63, 3.8) is 0 Å². The van der Waals surface area contributed by atoms with Crippen molar-refractivity contribution in [2.75, 3.05) is 0 Å². The fourth-order valence-corrected chi connectivity index (χ4v) is 10.8. The summed E-state index contributed by atoms with van der Waals surface area (Å²) < 4.78 is 4.27. The minimum absolute atomic E-state index is 0.311. The summed E-state index contributed by atoms with van der Waals surface area (Å²) in [6.45, 7) is 24.4. The third-order valence-electron chi connectivity index (χ3n) is 14.5. The van der Waals surface area contributed by atoms with Crippen molar-refractivity contribution in [2.45, 2.75) is 0 Å². The second-order valence-corrected chi connectivity index (χ2v) is 18.7. The third kappa shape index (κ3) is 7.82. The number of benzene rings is 9. The second kappa shape index (κ2) is 19.4. The highest BCUT2D eigenvalue weighted by molar-refractivity contribution is 6.15. The Morgan fingerprint density at radius 1 is 0.325 bits per heavy atom. The highest BCUT2D eigenvalue weighted by atomic mass is 15.1. The van der Waals surface area contributed by atoms with Gasteiger partial charge in [0.2, 0.25) is 0 Å². The van der Waals surface area contributed by atoms with Gasteiger partial charge in [0.25, 0.3) is 0 Å². The summed E-state index contributed by atoms with van der Waals surface area (Å²) in [5, 5.41) is 63.5. The van der Waals surface area contributed by atoms with Crippen LogP contribution in [0.5, 0.6) is 0 Å². The number of hydrogen-bond acceptors (Lipinski definition) is 7. The van der Waals surface area contributed by atoms with Crippen molar-refractivity contribution in [1.82, 2.24) is 14.1 Å². The van der Waals surface area contributed by atoms with E-state index in [4.69, 9.17) is 19.7 Å². The Bertz CT molecular complexity index is 4860. The summed E-state index contributed by atoms with van der Waals surface area (Å²) in [5.41, 5.74) is 14.2. The summed E-state index contributed by atoms with van der Waals surface area (Å²) >= 11 is 0. The molecule has 12 heteroatoms. The molecule has 0 aliphatic rings. The van der Waals surface area contributed by atoms with Crippen molar-refractivity contribution >= 4 is 60.7 Å². The first-order valence-electron chi connectivity index (χ1n) is 24.6. The summed E-state index contributed by atoms with van der Waals surface area (Å²) in [5.74, 6) is 0. The molecule has 0 aliphatic carbocycles. The standard InChI is InChI=1S/C68H30N12/c1-75-51-11-15-54(50(27-51)39-74)46-9-18-65-59(30-46)60-31-47(55-14-6-42(36-71)26-61(55)76-2)10-19-66(60)80(65)68-33-62(77-3)56(43-20-22-78-23-21-43)32-67(68)79-63-16-7-44(52-12-4-40(34-69)24-48(52)37-72)28-57(63)58-29-45(8-17-64(58)79)53-13-5-41(35-70)25-49(53)38-73/h4-33H. The largest absolute Gasteiger partial charge is 0.308 e. The second-order valence-electron chi connectivity index (χ2n) is 18.7. The summed E-state index contributed by atoms with van der Waals surface area (Å²) in [6.07, 6.45) is 3.36. The Morgan fingerprint density at radius 2 is 0.713 bits per heavy atom. The fourth-order valence-electron chi connectivity index (χ4n) is 10.8. The van der Waals surface area contributed by atoms with Gasteiger partial charge in [0.1, 0.15) is 0 Å². The summed E-state index contributed by atoms with van der Waals surface area (Å²) in [4.78, 5) is 15.8. The van der Waals surface area contributed by atoms with Gasteiger partial charge in [-0.2, -0.15) is 31.6 Å². The molecule has 0 N–H and O–H groups in total. The number of rotatable bonds is 7. The zero-order valence-corrected chi connectivity index (χ0v) is 41.7. The number of aromatic nitrogens is 3. The van der Waals surface area contributed by atoms with Crippen molar-refractivity contribution in [3.05, 3.63) is 250 Å². The molecule has 12 nitrogen and oxygen atoms in total. The van der Waals surface area contributed by atoms with Gasteiger partial charge in [-0.05, 0) is 171 Å². The van der Waals surface area contributed by atoms with Gasteiger partial charge in [0.05, 0.1) is 112 Å². The van der Waals surface area contributed by atoms with E-state index in [9.17, 15) is 31.6 Å². The average molecular weight is 1020 g/mol. The Balaban J connectivity index is 1.21. The first-order chi connectivity index (χ1) is 39.2. The van der Waals surface area contributed by atoms with E-state index in [1.54, 1.807) is 85.2 Å².